The van der Waals surface area contributed by atoms with Crippen molar-refractivity contribution in [1.82, 2.24) is 4.98 Å². The SMILES string of the molecule is COc1cc(C)nc(CSC(C(=O)O)C(C)C)c1. The Labute approximate surface area is 112 Å². The van der Waals surface area contributed by atoms with Gasteiger partial charge in [0.05, 0.1) is 12.8 Å². The first-order chi connectivity index (χ1) is 8.43. The molecule has 1 atom stereocenters. The van der Waals surface area contributed by atoms with Gasteiger partial charge in [0.1, 0.15) is 11.0 Å². The number of carboxylic acids is 1. The number of thioether (sulfide) groups is 1. The fraction of sp³-hybridized carbons (Fsp3) is 0.538. The summed E-state index contributed by atoms with van der Waals surface area (Å²) in [7, 11) is 1.61. The smallest absolute Gasteiger partial charge is 0.316 e. The van der Waals surface area contributed by atoms with Gasteiger partial charge in [-0.3, -0.25) is 9.78 Å². The normalized spacial score (nSPS) is 12.5. The number of carboxylic acid groups (broad SMARTS) is 1. The number of nitrogens with zero attached hydrogens (tertiary/aromatic N) is 1. The van der Waals surface area contributed by atoms with Gasteiger partial charge in [0.15, 0.2) is 0 Å². The maximum absolute atomic E-state index is 11.1. The maximum atomic E-state index is 11.1. The Bertz CT molecular complexity index is 421. The van der Waals surface area contributed by atoms with Crippen molar-refractivity contribution < 1.29 is 14.6 Å². The Balaban J connectivity index is 2.73. The molecule has 1 N–H and O–H groups in total. The zero-order chi connectivity index (χ0) is 13.7. The Morgan fingerprint density at radius 1 is 1.50 bits per heavy atom. The molecule has 0 aliphatic heterocycles. The van der Waals surface area contributed by atoms with E-state index in [9.17, 15) is 4.79 Å². The molecule has 18 heavy (non-hydrogen) atoms. The number of aryl methyl sites for hydroxylation is 1. The summed E-state index contributed by atoms with van der Waals surface area (Å²) in [6.45, 7) is 5.72. The molecule has 4 nitrogen and oxygen atoms in total. The van der Waals surface area contributed by atoms with E-state index >= 15 is 0 Å². The molecule has 0 bridgehead atoms. The van der Waals surface area contributed by atoms with Gasteiger partial charge in [0, 0.05) is 23.6 Å². The number of pyridine rings is 1. The molecule has 0 aromatic carbocycles. The molecule has 0 aliphatic rings. The monoisotopic (exact) mass is 269 g/mol. The second-order valence-electron chi connectivity index (χ2n) is 4.45. The standard InChI is InChI=1S/C13H19NO3S/c1-8(2)12(13(15)16)18-7-10-6-11(17-4)5-9(3)14-10/h5-6,8,12H,7H2,1-4H3,(H,15,16). The maximum Gasteiger partial charge on any atom is 0.316 e. The van der Waals surface area contributed by atoms with Gasteiger partial charge in [-0.2, -0.15) is 0 Å². The van der Waals surface area contributed by atoms with E-state index in [-0.39, 0.29) is 5.92 Å². The van der Waals surface area contributed by atoms with Gasteiger partial charge in [-0.15, -0.1) is 11.8 Å². The van der Waals surface area contributed by atoms with Crippen LogP contribution >= 0.6 is 11.8 Å². The quantitative estimate of drug-likeness (QED) is 0.860. The first kappa shape index (κ1) is 14.8. The second-order valence-corrected chi connectivity index (χ2v) is 5.58. The van der Waals surface area contributed by atoms with Crippen LogP contribution in [0.3, 0.4) is 0 Å². The van der Waals surface area contributed by atoms with Crippen LogP contribution in [0.1, 0.15) is 25.2 Å². The van der Waals surface area contributed by atoms with E-state index in [1.807, 2.05) is 32.9 Å². The highest BCUT2D eigenvalue weighted by molar-refractivity contribution is 7.99. The highest BCUT2D eigenvalue weighted by Crippen LogP contribution is 2.25. The average Bonchev–Trinajstić information content (AvgIpc) is 2.27. The minimum Gasteiger partial charge on any atom is -0.497 e. The van der Waals surface area contributed by atoms with Crippen LogP contribution in [0.15, 0.2) is 12.1 Å². The first-order valence-corrected chi connectivity index (χ1v) is 6.85. The highest BCUT2D eigenvalue weighted by Gasteiger charge is 2.22. The molecule has 1 aromatic rings. The Morgan fingerprint density at radius 2 is 2.17 bits per heavy atom. The fourth-order valence-corrected chi connectivity index (χ4v) is 2.64. The van der Waals surface area contributed by atoms with Crippen LogP contribution in [0.4, 0.5) is 0 Å². The highest BCUT2D eigenvalue weighted by atomic mass is 32.2. The van der Waals surface area contributed by atoms with Crippen molar-refractivity contribution >= 4 is 17.7 Å². The molecular weight excluding hydrogens is 250 g/mol. The van der Waals surface area contributed by atoms with E-state index < -0.39 is 11.2 Å². The van der Waals surface area contributed by atoms with E-state index in [1.54, 1.807) is 7.11 Å². The molecule has 1 aromatic heterocycles. The van der Waals surface area contributed by atoms with Crippen LogP contribution in [0, 0.1) is 12.8 Å². The van der Waals surface area contributed by atoms with Gasteiger partial charge in [-0.25, -0.2) is 0 Å². The van der Waals surface area contributed by atoms with Crippen molar-refractivity contribution in [3.05, 3.63) is 23.5 Å². The van der Waals surface area contributed by atoms with E-state index in [1.165, 1.54) is 11.8 Å². The molecule has 5 heteroatoms. The summed E-state index contributed by atoms with van der Waals surface area (Å²) in [6.07, 6.45) is 0. The number of methoxy groups -OCH3 is 1. The van der Waals surface area contributed by atoms with Crippen LogP contribution in [-0.4, -0.2) is 28.4 Å². The Morgan fingerprint density at radius 3 is 2.67 bits per heavy atom. The number of hydrogen-bond acceptors (Lipinski definition) is 4. The van der Waals surface area contributed by atoms with Crippen molar-refractivity contribution in [2.45, 2.75) is 31.8 Å². The molecule has 1 rings (SSSR count). The molecular formula is C13H19NO3S. The largest absolute Gasteiger partial charge is 0.497 e. The lowest BCUT2D eigenvalue weighted by atomic mass is 10.1. The van der Waals surface area contributed by atoms with Gasteiger partial charge in [0.25, 0.3) is 0 Å². The molecule has 1 heterocycles. The van der Waals surface area contributed by atoms with Crippen LogP contribution < -0.4 is 4.74 Å². The Kier molecular flexibility index (Phi) is 5.47. The zero-order valence-electron chi connectivity index (χ0n) is 11.1. The lowest BCUT2D eigenvalue weighted by Gasteiger charge is -2.15. The van der Waals surface area contributed by atoms with E-state index in [0.717, 1.165) is 17.1 Å². The molecule has 100 valence electrons. The zero-order valence-corrected chi connectivity index (χ0v) is 12.0. The van der Waals surface area contributed by atoms with E-state index in [0.29, 0.717) is 5.75 Å². The van der Waals surface area contributed by atoms with Gasteiger partial charge >= 0.3 is 5.97 Å². The molecule has 0 aliphatic carbocycles. The molecule has 0 fully saturated rings. The summed E-state index contributed by atoms with van der Waals surface area (Å²) in [5, 5.41) is 8.71. The molecule has 0 spiro atoms. The number of carbonyl (C=O) groups is 1. The molecule has 0 radical (unpaired) electrons. The van der Waals surface area contributed by atoms with Crippen LogP contribution in [0.2, 0.25) is 0 Å². The summed E-state index contributed by atoms with van der Waals surface area (Å²) in [6, 6.07) is 3.70. The first-order valence-electron chi connectivity index (χ1n) is 5.80. The summed E-state index contributed by atoms with van der Waals surface area (Å²) in [5.41, 5.74) is 1.73. The lowest BCUT2D eigenvalue weighted by Crippen LogP contribution is -2.22. The minimum atomic E-state index is -0.769. The third kappa shape index (κ3) is 4.22. The lowest BCUT2D eigenvalue weighted by molar-refractivity contribution is -0.137. The van der Waals surface area contributed by atoms with Crippen molar-refractivity contribution in [2.24, 2.45) is 5.92 Å². The van der Waals surface area contributed by atoms with Gasteiger partial charge < -0.3 is 9.84 Å². The second kappa shape index (κ2) is 6.64. The molecule has 0 saturated heterocycles. The van der Waals surface area contributed by atoms with Gasteiger partial charge in [-0.05, 0) is 12.8 Å². The van der Waals surface area contributed by atoms with Crippen molar-refractivity contribution in [2.75, 3.05) is 7.11 Å². The number of aliphatic carboxylic acids is 1. The fourth-order valence-electron chi connectivity index (χ4n) is 1.62. The van der Waals surface area contributed by atoms with E-state index in [2.05, 4.69) is 4.98 Å². The number of aromatic nitrogens is 1. The van der Waals surface area contributed by atoms with Crippen LogP contribution in [-0.2, 0) is 10.5 Å². The number of hydrogen-bond donors (Lipinski definition) is 1. The van der Waals surface area contributed by atoms with Crippen molar-refractivity contribution in [3.8, 4) is 5.75 Å². The van der Waals surface area contributed by atoms with Gasteiger partial charge in [-0.1, -0.05) is 13.8 Å². The molecule has 0 amide bonds. The topological polar surface area (TPSA) is 59.4 Å². The van der Waals surface area contributed by atoms with Gasteiger partial charge in [0.2, 0.25) is 0 Å². The summed E-state index contributed by atoms with van der Waals surface area (Å²) < 4.78 is 5.17. The van der Waals surface area contributed by atoms with E-state index in [4.69, 9.17) is 9.84 Å². The van der Waals surface area contributed by atoms with Crippen molar-refractivity contribution in [3.63, 3.8) is 0 Å². The summed E-state index contributed by atoms with van der Waals surface area (Å²) in [5.74, 6) is 0.663. The average molecular weight is 269 g/mol. The summed E-state index contributed by atoms with van der Waals surface area (Å²) >= 11 is 1.40. The minimum absolute atomic E-state index is 0.0965. The van der Waals surface area contributed by atoms with Crippen molar-refractivity contribution in [1.29, 1.82) is 0 Å². The predicted octanol–water partition coefficient (Wildman–Crippen LogP) is 2.74. The number of ether oxygens (including phenoxy) is 1. The summed E-state index contributed by atoms with van der Waals surface area (Å²) in [4.78, 5) is 15.5. The Hall–Kier alpha value is -1.23. The van der Waals surface area contributed by atoms with Crippen LogP contribution in [0.5, 0.6) is 5.75 Å². The van der Waals surface area contributed by atoms with Crippen LogP contribution in [0.25, 0.3) is 0 Å². The third-order valence-electron chi connectivity index (χ3n) is 2.48. The third-order valence-corrected chi connectivity index (χ3v) is 4.04. The molecule has 1 unspecified atom stereocenters. The predicted molar refractivity (Wildman–Crippen MR) is 73.1 cm³/mol. The molecule has 0 saturated carbocycles. The number of rotatable bonds is 6.